The van der Waals surface area contributed by atoms with Crippen molar-refractivity contribution in [1.82, 2.24) is 4.98 Å². The van der Waals surface area contributed by atoms with Crippen LogP contribution in [0.25, 0.3) is 22.0 Å². The first-order valence-electron chi connectivity index (χ1n) is 9.94. The molecule has 4 rings (SSSR count). The number of carbonyl (C=O) groups is 1. The fourth-order valence-corrected chi connectivity index (χ4v) is 4.16. The second-order valence-corrected chi connectivity index (χ2v) is 8.29. The molecule has 4 nitrogen and oxygen atoms in total. The Labute approximate surface area is 185 Å². The zero-order valence-electron chi connectivity index (χ0n) is 17.3. The van der Waals surface area contributed by atoms with Crippen LogP contribution in [0.4, 0.5) is 5.69 Å². The first-order chi connectivity index (χ1) is 15.0. The molecular formula is C26H21N3OS. The molecule has 0 aliphatic carbocycles. The van der Waals surface area contributed by atoms with E-state index in [0.29, 0.717) is 10.6 Å². The first kappa shape index (κ1) is 20.6. The average Bonchev–Trinajstić information content (AvgIpc) is 2.79. The Balaban J connectivity index is 1.53. The van der Waals surface area contributed by atoms with Crippen molar-refractivity contribution in [2.75, 3.05) is 11.1 Å². The number of amides is 1. The van der Waals surface area contributed by atoms with Crippen molar-refractivity contribution in [1.29, 1.82) is 5.26 Å². The van der Waals surface area contributed by atoms with Crippen LogP contribution in [0.3, 0.4) is 0 Å². The van der Waals surface area contributed by atoms with Gasteiger partial charge in [-0.25, -0.2) is 4.98 Å². The minimum Gasteiger partial charge on any atom is -0.325 e. The van der Waals surface area contributed by atoms with E-state index in [1.54, 1.807) is 0 Å². The lowest BCUT2D eigenvalue weighted by atomic mass is 10.0. The standard InChI is InChI=1S/C26H21N3OS/c1-17-12-20-14-21(15-27)26(29-24(20)13-18(17)2)31-16-25(30)28-23-11-7-6-10-22(23)19-8-4-3-5-9-19/h3-14H,16H2,1-2H3,(H,28,30). The lowest BCUT2D eigenvalue weighted by Gasteiger charge is -2.12. The number of rotatable bonds is 5. The number of hydrogen-bond acceptors (Lipinski definition) is 4. The number of nitrogens with one attached hydrogen (secondary N) is 1. The highest BCUT2D eigenvalue weighted by atomic mass is 32.2. The lowest BCUT2D eigenvalue weighted by Crippen LogP contribution is -2.15. The SMILES string of the molecule is Cc1cc2cc(C#N)c(SCC(=O)Nc3ccccc3-c3ccccc3)nc2cc1C. The van der Waals surface area contributed by atoms with Crippen LogP contribution in [-0.4, -0.2) is 16.6 Å². The smallest absolute Gasteiger partial charge is 0.234 e. The number of pyridine rings is 1. The maximum absolute atomic E-state index is 12.7. The summed E-state index contributed by atoms with van der Waals surface area (Å²) in [6.45, 7) is 4.08. The summed E-state index contributed by atoms with van der Waals surface area (Å²) in [5.41, 5.74) is 6.40. The van der Waals surface area contributed by atoms with Gasteiger partial charge >= 0.3 is 0 Å². The Morgan fingerprint density at radius 3 is 2.48 bits per heavy atom. The van der Waals surface area contributed by atoms with Crippen molar-refractivity contribution in [3.8, 4) is 17.2 Å². The number of aromatic nitrogens is 1. The highest BCUT2D eigenvalue weighted by Gasteiger charge is 2.13. The summed E-state index contributed by atoms with van der Waals surface area (Å²) < 4.78 is 0. The summed E-state index contributed by atoms with van der Waals surface area (Å²) in [4.78, 5) is 17.3. The van der Waals surface area contributed by atoms with Crippen LogP contribution < -0.4 is 5.32 Å². The van der Waals surface area contributed by atoms with Gasteiger partial charge in [-0.15, -0.1) is 0 Å². The topological polar surface area (TPSA) is 65.8 Å². The predicted octanol–water partition coefficient (Wildman–Crippen LogP) is 6.12. The van der Waals surface area contributed by atoms with Gasteiger partial charge in [0.1, 0.15) is 11.1 Å². The molecule has 5 heteroatoms. The van der Waals surface area contributed by atoms with Crippen LogP contribution in [0, 0.1) is 25.2 Å². The van der Waals surface area contributed by atoms with E-state index in [0.717, 1.165) is 38.8 Å². The van der Waals surface area contributed by atoms with Gasteiger partial charge in [0.2, 0.25) is 5.91 Å². The van der Waals surface area contributed by atoms with Gasteiger partial charge in [0.05, 0.1) is 16.8 Å². The fourth-order valence-electron chi connectivity index (χ4n) is 3.39. The molecule has 0 saturated heterocycles. The monoisotopic (exact) mass is 423 g/mol. The third kappa shape index (κ3) is 4.60. The van der Waals surface area contributed by atoms with Gasteiger partial charge in [-0.1, -0.05) is 60.3 Å². The summed E-state index contributed by atoms with van der Waals surface area (Å²) in [5.74, 6) is 0.0282. The number of para-hydroxylation sites is 1. The van der Waals surface area contributed by atoms with Gasteiger partial charge in [0.15, 0.2) is 0 Å². The number of carbonyl (C=O) groups excluding carboxylic acids is 1. The number of nitrogens with zero attached hydrogens (tertiary/aromatic N) is 2. The van der Waals surface area contributed by atoms with E-state index < -0.39 is 0 Å². The van der Waals surface area contributed by atoms with Gasteiger partial charge in [0, 0.05) is 16.6 Å². The van der Waals surface area contributed by atoms with Gasteiger partial charge in [-0.3, -0.25) is 4.79 Å². The van der Waals surface area contributed by atoms with E-state index in [1.807, 2.05) is 86.6 Å². The van der Waals surface area contributed by atoms with Crippen molar-refractivity contribution in [2.24, 2.45) is 0 Å². The maximum atomic E-state index is 12.7. The van der Waals surface area contributed by atoms with Crippen LogP contribution >= 0.6 is 11.8 Å². The molecule has 1 aromatic heterocycles. The van der Waals surface area contributed by atoms with Crippen LogP contribution in [0.2, 0.25) is 0 Å². The van der Waals surface area contributed by atoms with Crippen LogP contribution in [0.5, 0.6) is 0 Å². The van der Waals surface area contributed by atoms with Gasteiger partial charge in [-0.05, 0) is 54.8 Å². The molecule has 0 aliphatic rings. The second-order valence-electron chi connectivity index (χ2n) is 7.33. The molecule has 0 atom stereocenters. The molecule has 0 radical (unpaired) electrons. The summed E-state index contributed by atoms with van der Waals surface area (Å²) in [5, 5.41) is 14.1. The molecule has 1 heterocycles. The van der Waals surface area contributed by atoms with E-state index in [4.69, 9.17) is 0 Å². The molecule has 0 aliphatic heterocycles. The normalized spacial score (nSPS) is 10.6. The van der Waals surface area contributed by atoms with Crippen LogP contribution in [0.15, 0.2) is 77.8 Å². The molecule has 1 amide bonds. The largest absolute Gasteiger partial charge is 0.325 e. The summed E-state index contributed by atoms with van der Waals surface area (Å²) in [6, 6.07) is 25.8. The quantitative estimate of drug-likeness (QED) is 0.393. The second kappa shape index (κ2) is 9.03. The van der Waals surface area contributed by atoms with Crippen molar-refractivity contribution >= 4 is 34.3 Å². The van der Waals surface area contributed by atoms with E-state index in [-0.39, 0.29) is 11.7 Å². The zero-order valence-corrected chi connectivity index (χ0v) is 18.2. The molecular weight excluding hydrogens is 402 g/mol. The molecule has 0 fully saturated rings. The van der Waals surface area contributed by atoms with Crippen molar-refractivity contribution in [2.45, 2.75) is 18.9 Å². The van der Waals surface area contributed by atoms with Crippen LogP contribution in [-0.2, 0) is 4.79 Å². The van der Waals surface area contributed by atoms with Crippen molar-refractivity contribution in [3.63, 3.8) is 0 Å². The number of nitriles is 1. The zero-order chi connectivity index (χ0) is 21.8. The van der Waals surface area contributed by atoms with E-state index >= 15 is 0 Å². The number of anilines is 1. The Morgan fingerprint density at radius 2 is 1.71 bits per heavy atom. The molecule has 0 saturated carbocycles. The fraction of sp³-hybridized carbons (Fsp3) is 0.115. The Bertz CT molecular complexity index is 1310. The molecule has 0 spiro atoms. The number of benzene rings is 3. The Kier molecular flexibility index (Phi) is 6.01. The Morgan fingerprint density at radius 1 is 1.00 bits per heavy atom. The van der Waals surface area contributed by atoms with E-state index in [9.17, 15) is 10.1 Å². The molecule has 0 unspecified atom stereocenters. The minimum atomic E-state index is -0.140. The molecule has 31 heavy (non-hydrogen) atoms. The molecule has 1 N–H and O–H groups in total. The van der Waals surface area contributed by atoms with Crippen molar-refractivity contribution < 1.29 is 4.79 Å². The summed E-state index contributed by atoms with van der Waals surface area (Å²) >= 11 is 1.28. The minimum absolute atomic E-state index is 0.140. The van der Waals surface area contributed by atoms with Crippen molar-refractivity contribution in [3.05, 3.63) is 89.5 Å². The maximum Gasteiger partial charge on any atom is 0.234 e. The molecule has 152 valence electrons. The summed E-state index contributed by atoms with van der Waals surface area (Å²) in [7, 11) is 0. The average molecular weight is 424 g/mol. The highest BCUT2D eigenvalue weighted by Crippen LogP contribution is 2.29. The summed E-state index contributed by atoms with van der Waals surface area (Å²) in [6.07, 6.45) is 0. The number of thioether (sulfide) groups is 1. The van der Waals surface area contributed by atoms with E-state index in [2.05, 4.69) is 16.4 Å². The molecule has 0 bridgehead atoms. The Hall–Kier alpha value is -3.62. The molecule has 3 aromatic carbocycles. The van der Waals surface area contributed by atoms with Gasteiger partial charge < -0.3 is 5.32 Å². The third-order valence-corrected chi connectivity index (χ3v) is 6.13. The number of fused-ring (bicyclic) bond motifs is 1. The van der Waals surface area contributed by atoms with Gasteiger partial charge in [0.25, 0.3) is 0 Å². The van der Waals surface area contributed by atoms with Crippen LogP contribution in [0.1, 0.15) is 16.7 Å². The first-order valence-corrected chi connectivity index (χ1v) is 10.9. The molecule has 4 aromatic rings. The van der Waals surface area contributed by atoms with Gasteiger partial charge in [-0.2, -0.15) is 5.26 Å². The number of hydrogen-bond donors (Lipinski definition) is 1. The van der Waals surface area contributed by atoms with E-state index in [1.165, 1.54) is 11.8 Å². The third-order valence-electron chi connectivity index (χ3n) is 5.14. The predicted molar refractivity (Wildman–Crippen MR) is 127 cm³/mol. The number of aryl methyl sites for hydroxylation is 2. The highest BCUT2D eigenvalue weighted by molar-refractivity contribution is 8.00. The lowest BCUT2D eigenvalue weighted by molar-refractivity contribution is -0.113.